The van der Waals surface area contributed by atoms with E-state index >= 15 is 0 Å². The van der Waals surface area contributed by atoms with E-state index in [2.05, 4.69) is 78.1 Å². The van der Waals surface area contributed by atoms with Gasteiger partial charge in [0.05, 0.1) is 19.4 Å². The molecule has 0 saturated carbocycles. The molecule has 0 unspecified atom stereocenters. The number of benzene rings is 3. The van der Waals surface area contributed by atoms with Crippen LogP contribution in [0.4, 0.5) is 4.79 Å². The maximum Gasteiger partial charge on any atom is 0.329 e. The van der Waals surface area contributed by atoms with E-state index in [-0.39, 0.29) is 28.8 Å². The third-order valence-electron chi connectivity index (χ3n) is 5.59. The Hall–Kier alpha value is -2.18. The second-order valence-corrected chi connectivity index (χ2v) is 12.2. The van der Waals surface area contributed by atoms with Gasteiger partial charge in [-0.1, -0.05) is 66.4 Å². The topological polar surface area (TPSA) is 64.6 Å². The van der Waals surface area contributed by atoms with Gasteiger partial charge in [-0.2, -0.15) is 0 Å². The summed E-state index contributed by atoms with van der Waals surface area (Å²) in [5, 5.41) is 6.35. The molecule has 178 valence electrons. The fourth-order valence-electron chi connectivity index (χ4n) is 4.00. The van der Waals surface area contributed by atoms with Gasteiger partial charge in [-0.15, -0.1) is 0 Å². The van der Waals surface area contributed by atoms with E-state index < -0.39 is 19.3 Å². The van der Waals surface area contributed by atoms with Crippen molar-refractivity contribution in [3.05, 3.63) is 91.0 Å². The van der Waals surface area contributed by atoms with Gasteiger partial charge in [0, 0.05) is 5.75 Å². The number of carbonyl (C=O) groups excluding carboxylic acids is 2. The highest BCUT2D eigenvalue weighted by molar-refractivity contribution is 8.14. The Morgan fingerprint density at radius 2 is 1.32 bits per heavy atom. The SMILES string of the molecule is O=C1N[C@H](C(=O)OCCOCC[P+](c2ccccc2)(c2ccccc2)c2ccccc2)CS1.[Br-]. The number of ether oxygens (including phenoxy) is 2. The standard InChI is InChI=1S/C26H26NO4PS.BrH/c28-25(24-20-33-26(29)27-24)31-17-16-30-18-19-32(21-10-4-1-5-11-21,22-12-6-2-7-13-22)23-14-8-3-9-15-23;/h1-15,24H,16-20H2;1H/t24-;/m0./s1. The van der Waals surface area contributed by atoms with Crippen LogP contribution in [0.2, 0.25) is 0 Å². The zero-order chi connectivity index (χ0) is 22.9. The molecule has 1 fully saturated rings. The molecule has 1 aliphatic rings. The van der Waals surface area contributed by atoms with Crippen LogP contribution in [0.5, 0.6) is 0 Å². The van der Waals surface area contributed by atoms with Crippen LogP contribution < -0.4 is 38.2 Å². The molecule has 3 aromatic rings. The number of esters is 1. The summed E-state index contributed by atoms with van der Waals surface area (Å²) in [6, 6.07) is 31.4. The van der Waals surface area contributed by atoms with Crippen molar-refractivity contribution in [2.24, 2.45) is 0 Å². The van der Waals surface area contributed by atoms with Crippen LogP contribution in [0.1, 0.15) is 0 Å². The average molecular weight is 560 g/mol. The Morgan fingerprint density at radius 1 is 0.824 bits per heavy atom. The first-order chi connectivity index (χ1) is 16.2. The summed E-state index contributed by atoms with van der Waals surface area (Å²) in [7, 11) is -1.93. The summed E-state index contributed by atoms with van der Waals surface area (Å²) in [5.74, 6) is 0.00757. The quantitative estimate of drug-likeness (QED) is 0.221. The van der Waals surface area contributed by atoms with Crippen molar-refractivity contribution < 1.29 is 36.0 Å². The molecule has 0 radical (unpaired) electrons. The molecule has 0 aromatic heterocycles. The molecule has 1 aliphatic heterocycles. The van der Waals surface area contributed by atoms with E-state index in [4.69, 9.17) is 9.47 Å². The first kappa shape index (κ1) is 26.4. The fourth-order valence-corrected chi connectivity index (χ4v) is 8.88. The highest BCUT2D eigenvalue weighted by Crippen LogP contribution is 2.54. The molecule has 1 heterocycles. The van der Waals surface area contributed by atoms with E-state index in [1.807, 2.05) is 18.2 Å². The molecule has 3 aromatic carbocycles. The van der Waals surface area contributed by atoms with Crippen LogP contribution in [-0.4, -0.2) is 49.0 Å². The summed E-state index contributed by atoms with van der Waals surface area (Å²) in [6.45, 7) is 1.03. The lowest BCUT2D eigenvalue weighted by Crippen LogP contribution is -3.00. The summed E-state index contributed by atoms with van der Waals surface area (Å²) >= 11 is 1.10. The summed E-state index contributed by atoms with van der Waals surface area (Å²) in [5.41, 5.74) is 0. The molecule has 0 spiro atoms. The molecule has 1 N–H and O–H groups in total. The van der Waals surface area contributed by atoms with Gasteiger partial charge in [0.2, 0.25) is 0 Å². The predicted octanol–water partition coefficient (Wildman–Crippen LogP) is 0.369. The van der Waals surface area contributed by atoms with Gasteiger partial charge in [-0.25, -0.2) is 4.79 Å². The van der Waals surface area contributed by atoms with Crippen LogP contribution in [-0.2, 0) is 14.3 Å². The number of thioether (sulfide) groups is 1. The van der Waals surface area contributed by atoms with Crippen molar-refractivity contribution in [2.45, 2.75) is 6.04 Å². The van der Waals surface area contributed by atoms with Gasteiger partial charge in [-0.05, 0) is 36.4 Å². The van der Waals surface area contributed by atoms with Crippen molar-refractivity contribution >= 4 is 46.1 Å². The van der Waals surface area contributed by atoms with Gasteiger partial charge in [0.15, 0.2) is 0 Å². The van der Waals surface area contributed by atoms with E-state index in [9.17, 15) is 9.59 Å². The number of halogens is 1. The Kier molecular flexibility index (Phi) is 10.1. The van der Waals surface area contributed by atoms with Gasteiger partial charge < -0.3 is 31.8 Å². The fraction of sp³-hybridized carbons (Fsp3) is 0.231. The summed E-state index contributed by atoms with van der Waals surface area (Å²) in [6.07, 6.45) is 0.842. The Morgan fingerprint density at radius 3 is 1.76 bits per heavy atom. The lowest BCUT2D eigenvalue weighted by Gasteiger charge is -2.27. The van der Waals surface area contributed by atoms with Gasteiger partial charge in [0.25, 0.3) is 5.24 Å². The molecule has 0 bridgehead atoms. The van der Waals surface area contributed by atoms with Crippen LogP contribution in [0, 0.1) is 0 Å². The molecule has 34 heavy (non-hydrogen) atoms. The Labute approximate surface area is 215 Å². The third kappa shape index (κ3) is 6.28. The molecular formula is C26H27BrNO4PS. The smallest absolute Gasteiger partial charge is 0.329 e. The number of amides is 1. The number of nitrogens with one attached hydrogen (secondary N) is 1. The highest BCUT2D eigenvalue weighted by Gasteiger charge is 2.44. The summed E-state index contributed by atoms with van der Waals surface area (Å²) < 4.78 is 11.2. The number of carbonyl (C=O) groups is 2. The highest BCUT2D eigenvalue weighted by atomic mass is 79.9. The minimum Gasteiger partial charge on any atom is -1.00 e. The molecule has 1 amide bonds. The second-order valence-electron chi connectivity index (χ2n) is 7.62. The van der Waals surface area contributed by atoms with Crippen molar-refractivity contribution in [2.75, 3.05) is 31.7 Å². The lowest BCUT2D eigenvalue weighted by atomic mass is 10.3. The van der Waals surface area contributed by atoms with Gasteiger partial charge >= 0.3 is 5.97 Å². The third-order valence-corrected chi connectivity index (χ3v) is 10.9. The molecule has 4 rings (SSSR count). The molecule has 8 heteroatoms. The Balaban J connectivity index is 0.00000324. The van der Waals surface area contributed by atoms with E-state index in [0.717, 1.165) is 17.9 Å². The minimum absolute atomic E-state index is 0. The number of hydrogen-bond acceptors (Lipinski definition) is 5. The minimum atomic E-state index is -1.93. The van der Waals surface area contributed by atoms with Crippen molar-refractivity contribution in [3.8, 4) is 0 Å². The van der Waals surface area contributed by atoms with Crippen LogP contribution in [0.15, 0.2) is 91.0 Å². The van der Waals surface area contributed by atoms with Crippen molar-refractivity contribution in [3.63, 3.8) is 0 Å². The summed E-state index contributed by atoms with van der Waals surface area (Å²) in [4.78, 5) is 23.3. The second kappa shape index (κ2) is 13.1. The Bertz CT molecular complexity index is 960. The van der Waals surface area contributed by atoms with Crippen LogP contribution >= 0.6 is 19.0 Å². The first-order valence-electron chi connectivity index (χ1n) is 10.9. The van der Waals surface area contributed by atoms with Gasteiger partial charge in [0.1, 0.15) is 35.8 Å². The van der Waals surface area contributed by atoms with Crippen LogP contribution in [0.25, 0.3) is 0 Å². The lowest BCUT2D eigenvalue weighted by molar-refractivity contribution is -0.146. The largest absolute Gasteiger partial charge is 1.00 e. The monoisotopic (exact) mass is 559 g/mol. The molecule has 1 saturated heterocycles. The van der Waals surface area contributed by atoms with Crippen molar-refractivity contribution in [1.29, 1.82) is 0 Å². The zero-order valence-electron chi connectivity index (χ0n) is 18.6. The number of rotatable bonds is 10. The molecule has 0 aliphatic carbocycles. The number of hydrogen-bond donors (Lipinski definition) is 1. The van der Waals surface area contributed by atoms with Crippen LogP contribution in [0.3, 0.4) is 0 Å². The molecule has 1 atom stereocenters. The first-order valence-corrected chi connectivity index (χ1v) is 13.9. The maximum absolute atomic E-state index is 12.0. The predicted molar refractivity (Wildman–Crippen MR) is 137 cm³/mol. The van der Waals surface area contributed by atoms with Crippen molar-refractivity contribution in [1.82, 2.24) is 5.32 Å². The molecular weight excluding hydrogens is 533 g/mol. The average Bonchev–Trinajstić information content (AvgIpc) is 3.32. The zero-order valence-corrected chi connectivity index (χ0v) is 21.9. The normalized spacial score (nSPS) is 15.3. The van der Waals surface area contributed by atoms with E-state index in [0.29, 0.717) is 19.0 Å². The maximum atomic E-state index is 12.0. The molecule has 5 nitrogen and oxygen atoms in total. The van der Waals surface area contributed by atoms with E-state index in [1.165, 1.54) is 15.9 Å². The van der Waals surface area contributed by atoms with Gasteiger partial charge in [-0.3, -0.25) is 4.79 Å². The van der Waals surface area contributed by atoms with E-state index in [1.54, 1.807) is 0 Å².